The summed E-state index contributed by atoms with van der Waals surface area (Å²) in [6.07, 6.45) is 1.56. The van der Waals surface area contributed by atoms with Crippen LogP contribution >= 0.6 is 0 Å². The first-order valence-corrected chi connectivity index (χ1v) is 6.54. The second-order valence-electron chi connectivity index (χ2n) is 4.48. The lowest BCUT2D eigenvalue weighted by Crippen LogP contribution is -2.19. The molecule has 0 radical (unpaired) electrons. The Kier molecular flexibility index (Phi) is 5.13. The van der Waals surface area contributed by atoms with E-state index in [9.17, 15) is 4.79 Å². The van der Waals surface area contributed by atoms with Crippen LogP contribution < -0.4 is 10.3 Å². The topological polar surface area (TPSA) is 64.2 Å². The minimum absolute atomic E-state index is 0.139. The van der Waals surface area contributed by atoms with Gasteiger partial charge in [0.1, 0.15) is 18.4 Å². The van der Waals surface area contributed by atoms with Crippen LogP contribution in [0.5, 0.6) is 5.75 Å². The Morgan fingerprint density at radius 2 is 2.10 bits per heavy atom. The van der Waals surface area contributed by atoms with Gasteiger partial charge >= 0.3 is 0 Å². The van der Waals surface area contributed by atoms with E-state index in [1.165, 1.54) is 16.7 Å². The van der Waals surface area contributed by atoms with Gasteiger partial charge in [0.2, 0.25) is 0 Å². The van der Waals surface area contributed by atoms with Crippen LogP contribution in [-0.4, -0.2) is 24.9 Å². The van der Waals surface area contributed by atoms with Crippen LogP contribution in [-0.2, 0) is 11.3 Å². The number of ether oxygens (including phenoxy) is 2. The highest BCUT2D eigenvalue weighted by molar-refractivity contribution is 5.30. The highest BCUT2D eigenvalue weighted by Gasteiger charge is 2.02. The molecule has 5 nitrogen and oxygen atoms in total. The number of methoxy groups -OCH3 is 1. The SMILES string of the molecule is COCCOc1cccc(Cn2cc(C#N)ccc2=O)c1. The highest BCUT2D eigenvalue weighted by atomic mass is 16.5. The Labute approximate surface area is 123 Å². The van der Waals surface area contributed by atoms with Gasteiger partial charge in [-0.1, -0.05) is 12.1 Å². The number of aromatic nitrogens is 1. The molecule has 1 aromatic carbocycles. The molecule has 0 atom stereocenters. The maximum absolute atomic E-state index is 11.8. The molecule has 0 fully saturated rings. The molecule has 2 aromatic rings. The molecule has 0 saturated heterocycles. The lowest BCUT2D eigenvalue weighted by atomic mass is 10.2. The average Bonchev–Trinajstić information content (AvgIpc) is 2.50. The van der Waals surface area contributed by atoms with Crippen LogP contribution in [0, 0.1) is 11.3 Å². The van der Waals surface area contributed by atoms with Gasteiger partial charge < -0.3 is 14.0 Å². The lowest BCUT2D eigenvalue weighted by Gasteiger charge is -2.09. The minimum Gasteiger partial charge on any atom is -0.491 e. The number of rotatable bonds is 6. The van der Waals surface area contributed by atoms with Crippen LogP contribution in [0.25, 0.3) is 0 Å². The van der Waals surface area contributed by atoms with Crippen LogP contribution in [0.15, 0.2) is 47.4 Å². The first kappa shape index (κ1) is 14.8. The third kappa shape index (κ3) is 4.20. The van der Waals surface area contributed by atoms with E-state index >= 15 is 0 Å². The van der Waals surface area contributed by atoms with Crippen molar-refractivity contribution in [1.82, 2.24) is 4.57 Å². The monoisotopic (exact) mass is 284 g/mol. The molecule has 0 unspecified atom stereocenters. The van der Waals surface area contributed by atoms with Gasteiger partial charge in [0.05, 0.1) is 18.7 Å². The van der Waals surface area contributed by atoms with Gasteiger partial charge in [-0.25, -0.2) is 0 Å². The van der Waals surface area contributed by atoms with Crippen molar-refractivity contribution in [3.63, 3.8) is 0 Å². The van der Waals surface area contributed by atoms with Gasteiger partial charge in [-0.2, -0.15) is 5.26 Å². The van der Waals surface area contributed by atoms with Gasteiger partial charge in [-0.15, -0.1) is 0 Å². The molecule has 0 aliphatic carbocycles. The lowest BCUT2D eigenvalue weighted by molar-refractivity contribution is 0.146. The van der Waals surface area contributed by atoms with E-state index in [4.69, 9.17) is 14.7 Å². The normalized spacial score (nSPS) is 10.1. The fourth-order valence-electron chi connectivity index (χ4n) is 1.89. The molecule has 0 amide bonds. The molecule has 0 aliphatic rings. The van der Waals surface area contributed by atoms with Crippen LogP contribution in [0.3, 0.4) is 0 Å². The third-order valence-corrected chi connectivity index (χ3v) is 2.92. The molecule has 2 rings (SSSR count). The maximum atomic E-state index is 11.8. The number of pyridine rings is 1. The zero-order valence-electron chi connectivity index (χ0n) is 11.8. The Hall–Kier alpha value is -2.58. The summed E-state index contributed by atoms with van der Waals surface area (Å²) in [5.74, 6) is 0.731. The van der Waals surface area contributed by atoms with Crippen molar-refractivity contribution < 1.29 is 9.47 Å². The molecular formula is C16H16N2O3. The number of benzene rings is 1. The van der Waals surface area contributed by atoms with E-state index in [1.54, 1.807) is 13.3 Å². The summed E-state index contributed by atoms with van der Waals surface area (Å²) in [5, 5.41) is 8.89. The van der Waals surface area contributed by atoms with E-state index in [0.717, 1.165) is 11.3 Å². The van der Waals surface area contributed by atoms with Gasteiger partial charge in [-0.3, -0.25) is 4.79 Å². The smallest absolute Gasteiger partial charge is 0.250 e. The zero-order valence-corrected chi connectivity index (χ0v) is 11.8. The molecule has 1 heterocycles. The van der Waals surface area contributed by atoms with Crippen molar-refractivity contribution in [3.05, 3.63) is 64.1 Å². The van der Waals surface area contributed by atoms with Gasteiger partial charge in [-0.05, 0) is 23.8 Å². The second kappa shape index (κ2) is 7.27. The van der Waals surface area contributed by atoms with Crippen LogP contribution in [0.1, 0.15) is 11.1 Å². The zero-order chi connectivity index (χ0) is 15.1. The summed E-state index contributed by atoms with van der Waals surface area (Å²) in [6.45, 7) is 1.40. The van der Waals surface area contributed by atoms with Crippen molar-refractivity contribution in [1.29, 1.82) is 5.26 Å². The Bertz CT molecular complexity index is 701. The number of nitrogens with zero attached hydrogens (tertiary/aromatic N) is 2. The quantitative estimate of drug-likeness (QED) is 0.759. The van der Waals surface area contributed by atoms with Crippen molar-refractivity contribution in [3.8, 4) is 11.8 Å². The standard InChI is InChI=1S/C16H16N2O3/c1-20-7-8-21-15-4-2-3-13(9-15)11-18-12-14(10-17)5-6-16(18)19/h2-6,9,12H,7-8,11H2,1H3. The van der Waals surface area contributed by atoms with Crippen molar-refractivity contribution in [2.75, 3.05) is 20.3 Å². The Balaban J connectivity index is 2.14. The Morgan fingerprint density at radius 3 is 2.86 bits per heavy atom. The fraction of sp³-hybridized carbons (Fsp3) is 0.250. The fourth-order valence-corrected chi connectivity index (χ4v) is 1.89. The van der Waals surface area contributed by atoms with Crippen molar-refractivity contribution in [2.45, 2.75) is 6.54 Å². The molecule has 0 saturated carbocycles. The van der Waals surface area contributed by atoms with Gasteiger partial charge in [0, 0.05) is 19.4 Å². The second-order valence-corrected chi connectivity index (χ2v) is 4.48. The summed E-state index contributed by atoms with van der Waals surface area (Å²) in [5.41, 5.74) is 1.25. The largest absolute Gasteiger partial charge is 0.491 e. The number of nitriles is 1. The van der Waals surface area contributed by atoms with Crippen LogP contribution in [0.4, 0.5) is 0 Å². The summed E-state index contributed by atoms with van der Waals surface area (Å²) >= 11 is 0. The van der Waals surface area contributed by atoms with E-state index in [-0.39, 0.29) is 5.56 Å². The first-order valence-electron chi connectivity index (χ1n) is 6.54. The van der Waals surface area contributed by atoms with Gasteiger partial charge in [0.25, 0.3) is 5.56 Å². The van der Waals surface area contributed by atoms with Gasteiger partial charge in [0.15, 0.2) is 0 Å². The van der Waals surface area contributed by atoms with Crippen LogP contribution in [0.2, 0.25) is 0 Å². The average molecular weight is 284 g/mol. The predicted octanol–water partition coefficient (Wildman–Crippen LogP) is 1.79. The maximum Gasteiger partial charge on any atom is 0.250 e. The summed E-state index contributed by atoms with van der Waals surface area (Å²) in [4.78, 5) is 11.8. The Morgan fingerprint density at radius 1 is 1.24 bits per heavy atom. The van der Waals surface area contributed by atoms with E-state index < -0.39 is 0 Å². The molecule has 0 aliphatic heterocycles. The van der Waals surface area contributed by atoms with Crippen molar-refractivity contribution >= 4 is 0 Å². The summed E-state index contributed by atoms with van der Waals surface area (Å²) in [6, 6.07) is 12.5. The molecule has 5 heteroatoms. The summed E-state index contributed by atoms with van der Waals surface area (Å²) < 4.78 is 12.0. The van der Waals surface area contributed by atoms with E-state index in [0.29, 0.717) is 25.3 Å². The van der Waals surface area contributed by atoms with E-state index in [1.807, 2.05) is 30.3 Å². The molecule has 21 heavy (non-hydrogen) atoms. The molecule has 108 valence electrons. The molecule has 0 N–H and O–H groups in total. The molecular weight excluding hydrogens is 268 g/mol. The molecule has 1 aromatic heterocycles. The molecule has 0 spiro atoms. The van der Waals surface area contributed by atoms with Crippen molar-refractivity contribution in [2.24, 2.45) is 0 Å². The van der Waals surface area contributed by atoms with E-state index in [2.05, 4.69) is 0 Å². The predicted molar refractivity (Wildman–Crippen MR) is 78.3 cm³/mol. The summed E-state index contributed by atoms with van der Waals surface area (Å²) in [7, 11) is 1.62. The minimum atomic E-state index is -0.139. The number of hydrogen-bond acceptors (Lipinski definition) is 4. The third-order valence-electron chi connectivity index (χ3n) is 2.92. The number of hydrogen-bond donors (Lipinski definition) is 0. The highest BCUT2D eigenvalue weighted by Crippen LogP contribution is 2.14. The first-order chi connectivity index (χ1) is 10.2. The molecule has 0 bridgehead atoms.